The van der Waals surface area contributed by atoms with Crippen molar-refractivity contribution < 1.29 is 4.74 Å². The highest BCUT2D eigenvalue weighted by atomic mass is 35.5. The van der Waals surface area contributed by atoms with Gasteiger partial charge in [0.15, 0.2) is 0 Å². The summed E-state index contributed by atoms with van der Waals surface area (Å²) < 4.78 is 7.82. The standard InChI is InChI=1S/C14H18ClN3O/c1-2-13-9(5-6-19-13)8-18-12-4-3-10(15)7-11(12)17-14(18)16/h3-4,7,9,13H,2,5-6,8H2,1H3,(H2,16,17). The third-order valence-electron chi connectivity index (χ3n) is 3.91. The van der Waals surface area contributed by atoms with Crippen molar-refractivity contribution >= 4 is 28.6 Å². The molecule has 19 heavy (non-hydrogen) atoms. The van der Waals surface area contributed by atoms with E-state index in [9.17, 15) is 0 Å². The molecule has 0 amide bonds. The summed E-state index contributed by atoms with van der Waals surface area (Å²) in [4.78, 5) is 4.38. The Morgan fingerprint density at radius 1 is 1.53 bits per heavy atom. The van der Waals surface area contributed by atoms with E-state index in [1.807, 2.05) is 18.2 Å². The molecule has 4 nitrogen and oxygen atoms in total. The third-order valence-corrected chi connectivity index (χ3v) is 4.14. The zero-order chi connectivity index (χ0) is 13.4. The van der Waals surface area contributed by atoms with Gasteiger partial charge in [-0.15, -0.1) is 0 Å². The van der Waals surface area contributed by atoms with Crippen LogP contribution >= 0.6 is 11.6 Å². The van der Waals surface area contributed by atoms with Crippen LogP contribution in [-0.2, 0) is 11.3 Å². The van der Waals surface area contributed by atoms with E-state index in [-0.39, 0.29) is 0 Å². The summed E-state index contributed by atoms with van der Waals surface area (Å²) in [5, 5.41) is 0.688. The second kappa shape index (κ2) is 5.02. The van der Waals surface area contributed by atoms with Crippen molar-refractivity contribution in [1.29, 1.82) is 0 Å². The van der Waals surface area contributed by atoms with Crippen LogP contribution in [0.5, 0.6) is 0 Å². The first-order valence-corrected chi connectivity index (χ1v) is 7.09. The highest BCUT2D eigenvalue weighted by Crippen LogP contribution is 2.28. The van der Waals surface area contributed by atoms with Gasteiger partial charge in [0.1, 0.15) is 0 Å². The fourth-order valence-electron chi connectivity index (χ4n) is 2.90. The second-order valence-corrected chi connectivity index (χ2v) is 5.52. The van der Waals surface area contributed by atoms with E-state index in [4.69, 9.17) is 22.1 Å². The number of nitrogens with zero attached hydrogens (tertiary/aromatic N) is 2. The minimum Gasteiger partial charge on any atom is -0.378 e. The van der Waals surface area contributed by atoms with Gasteiger partial charge in [-0.05, 0) is 31.0 Å². The Hall–Kier alpha value is -1.26. The van der Waals surface area contributed by atoms with Gasteiger partial charge in [-0.2, -0.15) is 0 Å². The lowest BCUT2D eigenvalue weighted by Gasteiger charge is -2.18. The predicted molar refractivity (Wildman–Crippen MR) is 77.3 cm³/mol. The molecule has 0 saturated carbocycles. The first-order chi connectivity index (χ1) is 9.19. The molecule has 2 aromatic rings. The molecule has 1 aromatic carbocycles. The summed E-state index contributed by atoms with van der Waals surface area (Å²) in [6.07, 6.45) is 2.47. The van der Waals surface area contributed by atoms with Gasteiger partial charge in [0.05, 0.1) is 17.1 Å². The molecular weight excluding hydrogens is 262 g/mol. The van der Waals surface area contributed by atoms with Crippen LogP contribution in [-0.4, -0.2) is 22.3 Å². The van der Waals surface area contributed by atoms with Crippen molar-refractivity contribution in [2.75, 3.05) is 12.3 Å². The molecule has 102 valence electrons. The Labute approximate surface area is 117 Å². The van der Waals surface area contributed by atoms with E-state index in [0.29, 0.717) is 23.0 Å². The highest BCUT2D eigenvalue weighted by Gasteiger charge is 2.28. The van der Waals surface area contributed by atoms with Crippen LogP contribution in [0.2, 0.25) is 5.02 Å². The number of anilines is 1. The Morgan fingerprint density at radius 2 is 2.37 bits per heavy atom. The molecule has 1 aliphatic heterocycles. The predicted octanol–water partition coefficient (Wildman–Crippen LogP) is 3.09. The van der Waals surface area contributed by atoms with E-state index in [0.717, 1.165) is 37.0 Å². The normalized spacial score (nSPS) is 23.3. The number of imidazole rings is 1. The number of nitrogens with two attached hydrogens (primary N) is 1. The summed E-state index contributed by atoms with van der Waals surface area (Å²) in [6.45, 7) is 3.88. The maximum atomic E-state index is 6.04. The maximum Gasteiger partial charge on any atom is 0.201 e. The van der Waals surface area contributed by atoms with Crippen LogP contribution < -0.4 is 5.73 Å². The van der Waals surface area contributed by atoms with Crippen molar-refractivity contribution in [1.82, 2.24) is 9.55 Å². The van der Waals surface area contributed by atoms with Crippen molar-refractivity contribution in [2.45, 2.75) is 32.4 Å². The Bertz CT molecular complexity index is 596. The summed E-state index contributed by atoms with van der Waals surface area (Å²) >= 11 is 5.99. The molecule has 0 spiro atoms. The quantitative estimate of drug-likeness (QED) is 0.939. The first kappa shape index (κ1) is 12.8. The van der Waals surface area contributed by atoms with Gasteiger partial charge in [-0.3, -0.25) is 0 Å². The fraction of sp³-hybridized carbons (Fsp3) is 0.500. The zero-order valence-corrected chi connectivity index (χ0v) is 11.7. The third kappa shape index (κ3) is 2.30. The number of benzene rings is 1. The molecule has 1 fully saturated rings. The molecule has 1 saturated heterocycles. The smallest absolute Gasteiger partial charge is 0.201 e. The van der Waals surface area contributed by atoms with Crippen molar-refractivity contribution in [3.63, 3.8) is 0 Å². The van der Waals surface area contributed by atoms with E-state index in [1.165, 1.54) is 0 Å². The van der Waals surface area contributed by atoms with Crippen LogP contribution in [0.25, 0.3) is 11.0 Å². The fourth-order valence-corrected chi connectivity index (χ4v) is 3.07. The molecule has 0 aliphatic carbocycles. The molecule has 1 aromatic heterocycles. The van der Waals surface area contributed by atoms with Crippen LogP contribution in [0.15, 0.2) is 18.2 Å². The summed E-state index contributed by atoms with van der Waals surface area (Å²) in [6, 6.07) is 5.72. The molecule has 0 bridgehead atoms. The van der Waals surface area contributed by atoms with Gasteiger partial charge >= 0.3 is 0 Å². The largest absolute Gasteiger partial charge is 0.378 e. The Balaban J connectivity index is 1.94. The lowest BCUT2D eigenvalue weighted by atomic mass is 9.99. The number of hydrogen-bond acceptors (Lipinski definition) is 3. The average molecular weight is 280 g/mol. The summed E-state index contributed by atoms with van der Waals surface area (Å²) in [7, 11) is 0. The van der Waals surface area contributed by atoms with E-state index in [1.54, 1.807) is 0 Å². The van der Waals surface area contributed by atoms with Crippen LogP contribution in [0.4, 0.5) is 5.95 Å². The van der Waals surface area contributed by atoms with Crippen LogP contribution in [0.1, 0.15) is 19.8 Å². The van der Waals surface area contributed by atoms with Gasteiger partial charge in [-0.25, -0.2) is 4.98 Å². The average Bonchev–Trinajstić information content (AvgIpc) is 2.95. The number of rotatable bonds is 3. The molecule has 2 atom stereocenters. The lowest BCUT2D eigenvalue weighted by Crippen LogP contribution is -2.21. The van der Waals surface area contributed by atoms with Gasteiger partial charge in [0.25, 0.3) is 0 Å². The zero-order valence-electron chi connectivity index (χ0n) is 11.0. The van der Waals surface area contributed by atoms with Gasteiger partial charge < -0.3 is 15.0 Å². The summed E-state index contributed by atoms with van der Waals surface area (Å²) in [5.41, 5.74) is 7.94. The molecule has 2 N–H and O–H groups in total. The minimum absolute atomic E-state index is 0.337. The lowest BCUT2D eigenvalue weighted by molar-refractivity contribution is 0.0839. The second-order valence-electron chi connectivity index (χ2n) is 5.08. The molecule has 2 unspecified atom stereocenters. The topological polar surface area (TPSA) is 53.1 Å². The van der Waals surface area contributed by atoms with Crippen LogP contribution in [0, 0.1) is 5.92 Å². The number of ether oxygens (including phenoxy) is 1. The van der Waals surface area contributed by atoms with Crippen molar-refractivity contribution in [2.24, 2.45) is 5.92 Å². The SMILES string of the molecule is CCC1OCCC1Cn1c(N)nc2cc(Cl)ccc21. The monoisotopic (exact) mass is 279 g/mol. The molecule has 0 radical (unpaired) electrons. The first-order valence-electron chi connectivity index (χ1n) is 6.72. The number of fused-ring (bicyclic) bond motifs is 1. The molecular formula is C14H18ClN3O. The van der Waals surface area contributed by atoms with E-state index in [2.05, 4.69) is 16.5 Å². The maximum absolute atomic E-state index is 6.04. The van der Waals surface area contributed by atoms with Gasteiger partial charge in [0.2, 0.25) is 5.95 Å². The van der Waals surface area contributed by atoms with Gasteiger partial charge in [0, 0.05) is 24.1 Å². The number of aromatic nitrogens is 2. The van der Waals surface area contributed by atoms with Gasteiger partial charge in [-0.1, -0.05) is 18.5 Å². The minimum atomic E-state index is 0.337. The molecule has 2 heterocycles. The Morgan fingerprint density at radius 3 is 3.16 bits per heavy atom. The molecule has 3 rings (SSSR count). The number of hydrogen-bond donors (Lipinski definition) is 1. The van der Waals surface area contributed by atoms with E-state index >= 15 is 0 Å². The molecule has 5 heteroatoms. The van der Waals surface area contributed by atoms with Crippen molar-refractivity contribution in [3.8, 4) is 0 Å². The highest BCUT2D eigenvalue weighted by molar-refractivity contribution is 6.31. The van der Waals surface area contributed by atoms with Crippen LogP contribution in [0.3, 0.4) is 0 Å². The Kier molecular flexibility index (Phi) is 3.37. The number of nitrogen functional groups attached to an aromatic ring is 1. The van der Waals surface area contributed by atoms with E-state index < -0.39 is 0 Å². The van der Waals surface area contributed by atoms with Crippen molar-refractivity contribution in [3.05, 3.63) is 23.2 Å². The summed E-state index contributed by atoms with van der Waals surface area (Å²) in [5.74, 6) is 1.07. The number of halogens is 1. The molecule has 1 aliphatic rings.